The molecule has 0 aliphatic heterocycles. The first kappa shape index (κ1) is 9.28. The van der Waals surface area contributed by atoms with Crippen LogP contribution in [0.25, 0.3) is 0 Å². The standard InChI is InChI=1S/C3H5.BrH.Zn/c1-3-2;;/h1H2,2H3;1H;/q-1;;+2/p-1. The monoisotopic (exact) mass is 184 g/mol. The van der Waals surface area contributed by atoms with E-state index in [1.165, 1.54) is 16.3 Å². The first-order chi connectivity index (χ1) is 2.41. The van der Waals surface area contributed by atoms with Gasteiger partial charge in [-0.2, -0.15) is 6.92 Å². The van der Waals surface area contributed by atoms with Crippen LogP contribution in [-0.2, 0) is 16.3 Å². The van der Waals surface area contributed by atoms with Crippen molar-refractivity contribution in [2.24, 2.45) is 0 Å². The Kier molecular flexibility index (Phi) is 39.1. The normalized spacial score (nSPS) is 4.00. The van der Waals surface area contributed by atoms with Crippen molar-refractivity contribution in [3.05, 3.63) is 12.7 Å². The van der Waals surface area contributed by atoms with E-state index in [2.05, 4.69) is 26.3 Å². The van der Waals surface area contributed by atoms with Crippen molar-refractivity contribution in [2.45, 2.75) is 6.92 Å². The van der Waals surface area contributed by atoms with E-state index < -0.39 is 0 Å². The van der Waals surface area contributed by atoms with Crippen LogP contribution in [0.15, 0.2) is 6.58 Å². The van der Waals surface area contributed by atoms with Crippen LogP contribution < -0.4 is 0 Å². The molecule has 0 amide bonds. The summed E-state index contributed by atoms with van der Waals surface area (Å²) < 4.78 is 0. The zero-order valence-corrected chi connectivity index (χ0v) is 7.85. The van der Waals surface area contributed by atoms with E-state index in [0.717, 1.165) is 0 Å². The summed E-state index contributed by atoms with van der Waals surface area (Å²) in [5, 5.41) is 0. The molecule has 0 aromatic carbocycles. The van der Waals surface area contributed by atoms with E-state index in [0.29, 0.717) is 0 Å². The zero-order chi connectivity index (χ0) is 4.71. The second kappa shape index (κ2) is 21.1. The van der Waals surface area contributed by atoms with Crippen molar-refractivity contribution < 1.29 is 16.3 Å². The van der Waals surface area contributed by atoms with E-state index in [4.69, 9.17) is 0 Å². The molecule has 0 aliphatic carbocycles. The van der Waals surface area contributed by atoms with Gasteiger partial charge in [-0.25, -0.2) is 0 Å². The van der Waals surface area contributed by atoms with Gasteiger partial charge in [-0.1, -0.05) is 0 Å². The minimum atomic E-state index is 1.19. The van der Waals surface area contributed by atoms with Crippen LogP contribution in [0.5, 0.6) is 0 Å². The molecule has 0 rings (SSSR count). The Labute approximate surface area is 49.7 Å². The fourth-order valence-corrected chi connectivity index (χ4v) is 0. The van der Waals surface area contributed by atoms with Gasteiger partial charge in [0.05, 0.1) is 0 Å². The van der Waals surface area contributed by atoms with Crippen molar-refractivity contribution >= 4 is 13.6 Å². The SMILES string of the molecule is C=[C-]C.[Zn+][Br]. The van der Waals surface area contributed by atoms with Gasteiger partial charge in [0, 0.05) is 0 Å². The van der Waals surface area contributed by atoms with Gasteiger partial charge < -0.3 is 6.08 Å². The van der Waals surface area contributed by atoms with Crippen LogP contribution in [-0.4, -0.2) is 0 Å². The summed E-state index contributed by atoms with van der Waals surface area (Å²) in [6.45, 7) is 5.00. The molecule has 0 nitrogen and oxygen atoms in total. The average molecular weight is 186 g/mol. The molecule has 5 heavy (non-hydrogen) atoms. The van der Waals surface area contributed by atoms with Crippen LogP contribution in [0.4, 0.5) is 0 Å². The first-order valence-corrected chi connectivity index (χ1v) is 8.07. The Bertz CT molecular complexity index is 14.4. The Morgan fingerprint density at radius 1 is 1.80 bits per heavy atom. The van der Waals surface area contributed by atoms with Gasteiger partial charge in [0.25, 0.3) is 0 Å². The predicted molar refractivity (Wildman–Crippen MR) is 23.5 cm³/mol. The third-order valence-electron chi connectivity index (χ3n) is 0. The van der Waals surface area contributed by atoms with Crippen molar-refractivity contribution in [3.63, 3.8) is 0 Å². The Hall–Kier alpha value is 0.843. The molecule has 0 aliphatic rings. The van der Waals surface area contributed by atoms with Crippen LogP contribution in [0, 0.1) is 6.08 Å². The maximum absolute atomic E-state index is 3.24. The third-order valence-corrected chi connectivity index (χ3v) is 0. The summed E-state index contributed by atoms with van der Waals surface area (Å²) in [7, 11) is 0. The van der Waals surface area contributed by atoms with Crippen LogP contribution in [0.3, 0.4) is 0 Å². The molecule has 26 valence electrons. The molecule has 0 bridgehead atoms. The maximum atomic E-state index is 3.24. The molecule has 0 saturated heterocycles. The van der Waals surface area contributed by atoms with E-state index in [1.807, 2.05) is 0 Å². The van der Waals surface area contributed by atoms with Crippen molar-refractivity contribution in [3.8, 4) is 0 Å². The Balaban J connectivity index is 0. The second-order valence-electron chi connectivity index (χ2n) is 0.354. The molecular weight excluding hydrogens is 181 g/mol. The molecule has 0 N–H and O–H groups in total. The van der Waals surface area contributed by atoms with E-state index in [1.54, 1.807) is 6.92 Å². The van der Waals surface area contributed by atoms with E-state index >= 15 is 0 Å². The molecule has 0 atom stereocenters. The Morgan fingerprint density at radius 2 is 1.80 bits per heavy atom. The number of hydrogen-bond donors (Lipinski definition) is 0. The molecule has 0 radical (unpaired) electrons. The van der Waals surface area contributed by atoms with Gasteiger partial charge in [-0.15, -0.1) is 0 Å². The molecule has 0 fully saturated rings. The van der Waals surface area contributed by atoms with Crippen LogP contribution in [0.2, 0.25) is 0 Å². The van der Waals surface area contributed by atoms with E-state index in [-0.39, 0.29) is 0 Å². The third kappa shape index (κ3) is 55.1. The topological polar surface area (TPSA) is 0 Å². The zero-order valence-electron chi connectivity index (χ0n) is 3.29. The molecule has 0 unspecified atom stereocenters. The summed E-state index contributed by atoms with van der Waals surface area (Å²) >= 11 is 4.25. The molecular formula is C3H5BrZn. The second-order valence-corrected chi connectivity index (χ2v) is 0.354. The quantitative estimate of drug-likeness (QED) is 0.400. The summed E-state index contributed by atoms with van der Waals surface area (Å²) in [5.74, 6) is 0. The predicted octanol–water partition coefficient (Wildman–Crippen LogP) is 1.84. The van der Waals surface area contributed by atoms with Crippen LogP contribution >= 0.6 is 13.6 Å². The van der Waals surface area contributed by atoms with Gasteiger partial charge in [-0.05, 0) is 0 Å². The molecule has 0 heterocycles. The summed E-state index contributed by atoms with van der Waals surface area (Å²) in [5.41, 5.74) is 0. The van der Waals surface area contributed by atoms with Crippen molar-refractivity contribution in [1.82, 2.24) is 0 Å². The fourth-order valence-electron chi connectivity index (χ4n) is 0. The summed E-state index contributed by atoms with van der Waals surface area (Å²) in [4.78, 5) is 0. The van der Waals surface area contributed by atoms with Gasteiger partial charge >= 0.3 is 30.0 Å². The average Bonchev–Trinajstić information content (AvgIpc) is 1.46. The number of halogens is 1. The van der Waals surface area contributed by atoms with Gasteiger partial charge in [-0.3, -0.25) is 6.58 Å². The fraction of sp³-hybridized carbons (Fsp3) is 0.333. The van der Waals surface area contributed by atoms with Gasteiger partial charge in [0.1, 0.15) is 0 Å². The molecule has 0 saturated carbocycles. The van der Waals surface area contributed by atoms with Crippen molar-refractivity contribution in [2.75, 3.05) is 0 Å². The first-order valence-electron chi connectivity index (χ1n) is 1.12. The summed E-state index contributed by atoms with van der Waals surface area (Å²) in [6.07, 6.45) is 2.50. The molecule has 0 spiro atoms. The summed E-state index contributed by atoms with van der Waals surface area (Å²) in [6, 6.07) is 0. The molecule has 0 aromatic rings. The van der Waals surface area contributed by atoms with Crippen LogP contribution in [0.1, 0.15) is 6.92 Å². The van der Waals surface area contributed by atoms with Gasteiger partial charge in [0.2, 0.25) is 0 Å². The number of rotatable bonds is 0. The number of hydrogen-bond acceptors (Lipinski definition) is 0. The van der Waals surface area contributed by atoms with E-state index in [9.17, 15) is 0 Å². The number of allylic oxidation sites excluding steroid dienone is 1. The van der Waals surface area contributed by atoms with Crippen molar-refractivity contribution in [1.29, 1.82) is 0 Å². The molecule has 0 aromatic heterocycles. The Morgan fingerprint density at radius 3 is 1.80 bits per heavy atom. The molecule has 2 heteroatoms. The van der Waals surface area contributed by atoms with Gasteiger partial charge in [0.15, 0.2) is 0 Å². The minimum absolute atomic E-state index is 1.19.